The van der Waals surface area contributed by atoms with Gasteiger partial charge < -0.3 is 9.47 Å². The summed E-state index contributed by atoms with van der Waals surface area (Å²) in [6.07, 6.45) is 0. The average Bonchev–Trinajstić information content (AvgIpc) is 2.49. The van der Waals surface area contributed by atoms with Gasteiger partial charge in [-0.1, -0.05) is 23.7 Å². The summed E-state index contributed by atoms with van der Waals surface area (Å²) in [5.74, 6) is 0.00396. The molecule has 0 aromatic heterocycles. The van der Waals surface area contributed by atoms with Crippen molar-refractivity contribution in [2.45, 2.75) is 6.92 Å². The maximum absolute atomic E-state index is 13.6. The van der Waals surface area contributed by atoms with E-state index in [2.05, 4.69) is 0 Å². The molecule has 21 heavy (non-hydrogen) atoms. The predicted molar refractivity (Wildman–Crippen MR) is 79.1 cm³/mol. The lowest BCUT2D eigenvalue weighted by atomic mass is 10.0. The lowest BCUT2D eigenvalue weighted by Crippen LogP contribution is -2.04. The molecule has 0 atom stereocenters. The van der Waals surface area contributed by atoms with Crippen molar-refractivity contribution < 1.29 is 18.7 Å². The highest BCUT2D eigenvalue weighted by molar-refractivity contribution is 6.35. The minimum Gasteiger partial charge on any atom is -0.493 e. The van der Waals surface area contributed by atoms with Crippen LogP contribution in [0.2, 0.25) is 5.02 Å². The van der Waals surface area contributed by atoms with E-state index in [4.69, 9.17) is 21.1 Å². The van der Waals surface area contributed by atoms with Gasteiger partial charge in [-0.3, -0.25) is 4.79 Å². The SMILES string of the molecule is COc1cc(Cl)c(C(=O)c2ccc(C)c(F)c2)cc1OC. The molecular formula is C16H14ClFO3. The molecule has 3 nitrogen and oxygen atoms in total. The van der Waals surface area contributed by atoms with Crippen LogP contribution in [0.15, 0.2) is 30.3 Å². The number of carbonyl (C=O) groups excluding carboxylic acids is 1. The number of hydrogen-bond acceptors (Lipinski definition) is 3. The minimum absolute atomic E-state index is 0.221. The molecule has 0 aliphatic rings. The highest BCUT2D eigenvalue weighted by atomic mass is 35.5. The van der Waals surface area contributed by atoms with E-state index in [1.807, 2.05) is 0 Å². The lowest BCUT2D eigenvalue weighted by molar-refractivity contribution is 0.103. The Morgan fingerprint density at radius 3 is 2.29 bits per heavy atom. The Bertz CT molecular complexity index is 698. The van der Waals surface area contributed by atoms with E-state index in [-0.39, 0.29) is 21.9 Å². The number of rotatable bonds is 4. The van der Waals surface area contributed by atoms with Crippen LogP contribution in [0.1, 0.15) is 21.5 Å². The highest BCUT2D eigenvalue weighted by Crippen LogP contribution is 2.34. The first-order valence-electron chi connectivity index (χ1n) is 6.20. The minimum atomic E-state index is -0.433. The maximum atomic E-state index is 13.6. The van der Waals surface area contributed by atoms with Crippen molar-refractivity contribution in [3.05, 3.63) is 57.9 Å². The number of hydrogen-bond donors (Lipinski definition) is 0. The summed E-state index contributed by atoms with van der Waals surface area (Å²) in [6.45, 7) is 1.63. The van der Waals surface area contributed by atoms with Crippen molar-refractivity contribution in [1.82, 2.24) is 0 Å². The molecule has 0 saturated heterocycles. The second kappa shape index (κ2) is 6.14. The van der Waals surface area contributed by atoms with E-state index in [9.17, 15) is 9.18 Å². The van der Waals surface area contributed by atoms with Crippen LogP contribution >= 0.6 is 11.6 Å². The van der Waals surface area contributed by atoms with E-state index in [0.717, 1.165) is 0 Å². The Labute approximate surface area is 127 Å². The number of benzene rings is 2. The molecule has 2 aromatic rings. The van der Waals surface area contributed by atoms with Crippen molar-refractivity contribution in [2.75, 3.05) is 14.2 Å². The topological polar surface area (TPSA) is 35.5 Å². The van der Waals surface area contributed by atoms with E-state index >= 15 is 0 Å². The second-order valence-corrected chi connectivity index (χ2v) is 4.89. The van der Waals surface area contributed by atoms with Crippen LogP contribution in [0.4, 0.5) is 4.39 Å². The van der Waals surface area contributed by atoms with Gasteiger partial charge in [-0.15, -0.1) is 0 Å². The van der Waals surface area contributed by atoms with Crippen LogP contribution in [0, 0.1) is 12.7 Å². The van der Waals surface area contributed by atoms with Crippen molar-refractivity contribution in [1.29, 1.82) is 0 Å². The van der Waals surface area contributed by atoms with Gasteiger partial charge in [0.2, 0.25) is 0 Å². The van der Waals surface area contributed by atoms with Crippen molar-refractivity contribution in [3.63, 3.8) is 0 Å². The van der Waals surface area contributed by atoms with Gasteiger partial charge in [-0.05, 0) is 24.6 Å². The third-order valence-electron chi connectivity index (χ3n) is 3.15. The number of carbonyl (C=O) groups is 1. The van der Waals surface area contributed by atoms with Crippen LogP contribution in [0.25, 0.3) is 0 Å². The summed E-state index contributed by atoms with van der Waals surface area (Å²) in [4.78, 5) is 12.5. The monoisotopic (exact) mass is 308 g/mol. The van der Waals surface area contributed by atoms with Gasteiger partial charge in [0.25, 0.3) is 0 Å². The van der Waals surface area contributed by atoms with Gasteiger partial charge in [0, 0.05) is 17.2 Å². The fourth-order valence-electron chi connectivity index (χ4n) is 1.92. The predicted octanol–water partition coefficient (Wildman–Crippen LogP) is 4.04. The molecule has 110 valence electrons. The number of aryl methyl sites for hydroxylation is 1. The van der Waals surface area contributed by atoms with Gasteiger partial charge in [0.1, 0.15) is 5.82 Å². The van der Waals surface area contributed by atoms with Crippen LogP contribution in [-0.4, -0.2) is 20.0 Å². The zero-order valence-electron chi connectivity index (χ0n) is 11.9. The fourth-order valence-corrected chi connectivity index (χ4v) is 2.16. The molecule has 0 spiro atoms. The molecule has 0 fully saturated rings. The Hall–Kier alpha value is -2.07. The first-order valence-corrected chi connectivity index (χ1v) is 6.58. The zero-order valence-corrected chi connectivity index (χ0v) is 12.6. The first kappa shape index (κ1) is 15.3. The number of ether oxygens (including phenoxy) is 2. The van der Waals surface area contributed by atoms with Crippen LogP contribution in [0.3, 0.4) is 0 Å². The summed E-state index contributed by atoms with van der Waals surface area (Å²) in [5.41, 5.74) is 0.940. The van der Waals surface area contributed by atoms with E-state index in [1.54, 1.807) is 19.1 Å². The van der Waals surface area contributed by atoms with E-state index in [1.165, 1.54) is 32.4 Å². The van der Waals surface area contributed by atoms with Gasteiger partial charge in [-0.2, -0.15) is 0 Å². The highest BCUT2D eigenvalue weighted by Gasteiger charge is 2.18. The molecule has 2 aromatic carbocycles. The smallest absolute Gasteiger partial charge is 0.194 e. The maximum Gasteiger partial charge on any atom is 0.194 e. The van der Waals surface area contributed by atoms with Crippen LogP contribution in [0.5, 0.6) is 11.5 Å². The largest absolute Gasteiger partial charge is 0.493 e. The third-order valence-corrected chi connectivity index (χ3v) is 3.46. The van der Waals surface area contributed by atoms with Crippen LogP contribution in [-0.2, 0) is 0 Å². The van der Waals surface area contributed by atoms with Crippen molar-refractivity contribution in [3.8, 4) is 11.5 Å². The molecule has 0 aliphatic carbocycles. The molecule has 2 rings (SSSR count). The normalized spacial score (nSPS) is 10.3. The molecular weight excluding hydrogens is 295 g/mol. The molecule has 0 radical (unpaired) electrons. The van der Waals surface area contributed by atoms with Gasteiger partial charge in [-0.25, -0.2) is 4.39 Å². The van der Waals surface area contributed by atoms with Crippen molar-refractivity contribution in [2.24, 2.45) is 0 Å². The summed E-state index contributed by atoms with van der Waals surface area (Å²) >= 11 is 6.10. The van der Waals surface area contributed by atoms with Gasteiger partial charge in [0.15, 0.2) is 17.3 Å². The summed E-state index contributed by atoms with van der Waals surface area (Å²) in [5, 5.41) is 0.221. The Kier molecular flexibility index (Phi) is 4.48. The first-order chi connectivity index (χ1) is 9.97. The molecule has 0 heterocycles. The third kappa shape index (κ3) is 3.00. The standard InChI is InChI=1S/C16H14ClFO3/c1-9-4-5-10(6-13(9)18)16(19)11-7-14(20-2)15(21-3)8-12(11)17/h4-8H,1-3H3. The molecule has 0 saturated carbocycles. The molecule has 0 unspecified atom stereocenters. The molecule has 0 aliphatic heterocycles. The second-order valence-electron chi connectivity index (χ2n) is 4.48. The fraction of sp³-hybridized carbons (Fsp3) is 0.188. The summed E-state index contributed by atoms with van der Waals surface area (Å²) in [6, 6.07) is 7.30. The van der Waals surface area contributed by atoms with Crippen molar-refractivity contribution >= 4 is 17.4 Å². The average molecular weight is 309 g/mol. The quantitative estimate of drug-likeness (QED) is 0.800. The molecule has 0 amide bonds. The Balaban J connectivity index is 2.50. The lowest BCUT2D eigenvalue weighted by Gasteiger charge is -2.11. The van der Waals surface area contributed by atoms with Gasteiger partial charge >= 0.3 is 0 Å². The van der Waals surface area contributed by atoms with Gasteiger partial charge in [0.05, 0.1) is 19.2 Å². The number of methoxy groups -OCH3 is 2. The number of ketones is 1. The Morgan fingerprint density at radius 1 is 1.10 bits per heavy atom. The zero-order chi connectivity index (χ0) is 15.6. The molecule has 0 N–H and O–H groups in total. The molecule has 0 bridgehead atoms. The van der Waals surface area contributed by atoms with E-state index in [0.29, 0.717) is 17.1 Å². The number of halogens is 2. The van der Waals surface area contributed by atoms with Crippen LogP contribution < -0.4 is 9.47 Å². The summed E-state index contributed by atoms with van der Waals surface area (Å²) in [7, 11) is 2.94. The van der Waals surface area contributed by atoms with E-state index < -0.39 is 5.82 Å². The molecule has 5 heteroatoms. The summed E-state index contributed by atoms with van der Waals surface area (Å²) < 4.78 is 23.9. The Morgan fingerprint density at radius 2 is 1.71 bits per heavy atom.